The average molecular weight is 218 g/mol. The van der Waals surface area contributed by atoms with Crippen molar-refractivity contribution in [1.29, 1.82) is 0 Å². The van der Waals surface area contributed by atoms with Crippen LogP contribution in [0.25, 0.3) is 0 Å². The van der Waals surface area contributed by atoms with Crippen molar-refractivity contribution in [2.75, 3.05) is 12.3 Å². The summed E-state index contributed by atoms with van der Waals surface area (Å²) in [5.41, 5.74) is 9.78. The van der Waals surface area contributed by atoms with E-state index in [1.165, 1.54) is 24.8 Å². The molecule has 0 aromatic heterocycles. The molecule has 2 heteroatoms. The molecule has 1 fully saturated rings. The van der Waals surface area contributed by atoms with Gasteiger partial charge in [0, 0.05) is 18.8 Å². The molecule has 0 unspecified atom stereocenters. The van der Waals surface area contributed by atoms with E-state index in [4.69, 9.17) is 5.73 Å². The minimum Gasteiger partial charge on any atom is -0.399 e. The van der Waals surface area contributed by atoms with Crippen LogP contribution < -0.4 is 11.1 Å². The van der Waals surface area contributed by atoms with Gasteiger partial charge in [-0.05, 0) is 42.4 Å². The van der Waals surface area contributed by atoms with Gasteiger partial charge in [0.15, 0.2) is 0 Å². The number of aryl methyl sites for hydroxylation is 1. The number of nitrogens with two attached hydrogens (primary N) is 1. The molecule has 1 aliphatic rings. The van der Waals surface area contributed by atoms with Gasteiger partial charge in [0.2, 0.25) is 0 Å². The molecule has 3 N–H and O–H groups in total. The SMILES string of the molecule is Cc1ccc(CNCC2(C)CCC2)cc1N. The van der Waals surface area contributed by atoms with Crippen molar-refractivity contribution < 1.29 is 0 Å². The van der Waals surface area contributed by atoms with Crippen LogP contribution in [0.2, 0.25) is 0 Å². The highest BCUT2D eigenvalue weighted by atomic mass is 14.9. The molecule has 0 radical (unpaired) electrons. The molecule has 0 aliphatic heterocycles. The molecule has 1 saturated carbocycles. The third kappa shape index (κ3) is 2.56. The summed E-state index contributed by atoms with van der Waals surface area (Å²) in [6.07, 6.45) is 4.14. The lowest BCUT2D eigenvalue weighted by atomic mass is 9.70. The van der Waals surface area contributed by atoms with Gasteiger partial charge in [0.1, 0.15) is 0 Å². The second-order valence-corrected chi connectivity index (χ2v) is 5.46. The Bertz CT molecular complexity index is 367. The zero-order valence-corrected chi connectivity index (χ0v) is 10.3. The third-order valence-electron chi connectivity index (χ3n) is 3.79. The summed E-state index contributed by atoms with van der Waals surface area (Å²) in [7, 11) is 0. The fourth-order valence-corrected chi connectivity index (χ4v) is 2.27. The van der Waals surface area contributed by atoms with Crippen molar-refractivity contribution in [2.24, 2.45) is 5.41 Å². The molecule has 16 heavy (non-hydrogen) atoms. The maximum Gasteiger partial charge on any atom is 0.0346 e. The van der Waals surface area contributed by atoms with Crippen molar-refractivity contribution in [2.45, 2.75) is 39.7 Å². The smallest absolute Gasteiger partial charge is 0.0346 e. The van der Waals surface area contributed by atoms with Crippen molar-refractivity contribution in [3.05, 3.63) is 29.3 Å². The first-order valence-electron chi connectivity index (χ1n) is 6.15. The standard InChI is InChI=1S/C14H22N2/c1-11-4-5-12(8-13(11)15)9-16-10-14(2)6-3-7-14/h4-5,8,16H,3,6-7,9-10,15H2,1-2H3. The van der Waals surface area contributed by atoms with E-state index >= 15 is 0 Å². The van der Waals surface area contributed by atoms with Gasteiger partial charge in [-0.1, -0.05) is 25.5 Å². The number of hydrogen-bond acceptors (Lipinski definition) is 2. The zero-order chi connectivity index (χ0) is 11.6. The predicted molar refractivity (Wildman–Crippen MR) is 69.3 cm³/mol. The van der Waals surface area contributed by atoms with Crippen LogP contribution in [0.4, 0.5) is 5.69 Å². The summed E-state index contributed by atoms with van der Waals surface area (Å²) >= 11 is 0. The second-order valence-electron chi connectivity index (χ2n) is 5.46. The van der Waals surface area contributed by atoms with E-state index in [0.29, 0.717) is 5.41 Å². The highest BCUT2D eigenvalue weighted by Gasteiger charge is 2.30. The summed E-state index contributed by atoms with van der Waals surface area (Å²) in [6.45, 7) is 6.47. The average Bonchev–Trinajstić information content (AvgIpc) is 2.21. The fraction of sp³-hybridized carbons (Fsp3) is 0.571. The number of benzene rings is 1. The van der Waals surface area contributed by atoms with Crippen LogP contribution in [-0.4, -0.2) is 6.54 Å². The molecular formula is C14H22N2. The van der Waals surface area contributed by atoms with Crippen LogP contribution >= 0.6 is 0 Å². The van der Waals surface area contributed by atoms with Gasteiger partial charge in [-0.15, -0.1) is 0 Å². The molecule has 2 nitrogen and oxygen atoms in total. The van der Waals surface area contributed by atoms with Crippen LogP contribution in [0.15, 0.2) is 18.2 Å². The molecule has 1 aromatic carbocycles. The third-order valence-corrected chi connectivity index (χ3v) is 3.79. The summed E-state index contributed by atoms with van der Waals surface area (Å²) in [5.74, 6) is 0. The topological polar surface area (TPSA) is 38.0 Å². The van der Waals surface area contributed by atoms with Crippen molar-refractivity contribution in [3.63, 3.8) is 0 Å². The lowest BCUT2D eigenvalue weighted by molar-refractivity contribution is 0.156. The summed E-state index contributed by atoms with van der Waals surface area (Å²) in [4.78, 5) is 0. The Morgan fingerprint density at radius 2 is 2.12 bits per heavy atom. The van der Waals surface area contributed by atoms with Gasteiger partial charge in [0.05, 0.1) is 0 Å². The lowest BCUT2D eigenvalue weighted by Crippen LogP contribution is -2.36. The van der Waals surface area contributed by atoms with Gasteiger partial charge < -0.3 is 11.1 Å². The number of nitrogen functional groups attached to an aromatic ring is 1. The zero-order valence-electron chi connectivity index (χ0n) is 10.3. The minimum absolute atomic E-state index is 0.552. The molecule has 0 bridgehead atoms. The molecule has 0 spiro atoms. The van der Waals surface area contributed by atoms with Gasteiger partial charge in [0.25, 0.3) is 0 Å². The molecule has 2 rings (SSSR count). The van der Waals surface area contributed by atoms with Crippen LogP contribution in [-0.2, 0) is 6.54 Å². The molecule has 1 aromatic rings. The van der Waals surface area contributed by atoms with Gasteiger partial charge >= 0.3 is 0 Å². The molecule has 1 aliphatic carbocycles. The van der Waals surface area contributed by atoms with E-state index in [1.54, 1.807) is 0 Å². The molecular weight excluding hydrogens is 196 g/mol. The van der Waals surface area contributed by atoms with Gasteiger partial charge in [-0.3, -0.25) is 0 Å². The van der Waals surface area contributed by atoms with Crippen molar-refractivity contribution in [1.82, 2.24) is 5.32 Å². The van der Waals surface area contributed by atoms with Crippen LogP contribution in [0.1, 0.15) is 37.3 Å². The Morgan fingerprint density at radius 3 is 2.69 bits per heavy atom. The van der Waals surface area contributed by atoms with Gasteiger partial charge in [-0.2, -0.15) is 0 Å². The largest absolute Gasteiger partial charge is 0.399 e. The molecule has 0 amide bonds. The Hall–Kier alpha value is -1.02. The summed E-state index contributed by atoms with van der Waals surface area (Å²) < 4.78 is 0. The Kier molecular flexibility index (Phi) is 3.20. The summed E-state index contributed by atoms with van der Waals surface area (Å²) in [5, 5.41) is 3.54. The first-order chi connectivity index (χ1) is 7.59. The highest BCUT2D eigenvalue weighted by molar-refractivity contribution is 5.48. The first kappa shape index (κ1) is 11.5. The Morgan fingerprint density at radius 1 is 1.38 bits per heavy atom. The highest BCUT2D eigenvalue weighted by Crippen LogP contribution is 2.39. The Labute approximate surface area is 98.2 Å². The number of anilines is 1. The van der Waals surface area contributed by atoms with Crippen molar-refractivity contribution in [3.8, 4) is 0 Å². The monoisotopic (exact) mass is 218 g/mol. The first-order valence-corrected chi connectivity index (χ1v) is 6.15. The lowest BCUT2D eigenvalue weighted by Gasteiger charge is -2.38. The van der Waals surface area contributed by atoms with Gasteiger partial charge in [-0.25, -0.2) is 0 Å². The number of rotatable bonds is 4. The fourth-order valence-electron chi connectivity index (χ4n) is 2.27. The number of nitrogens with one attached hydrogen (secondary N) is 1. The maximum atomic E-state index is 5.89. The van der Waals surface area contributed by atoms with Crippen molar-refractivity contribution >= 4 is 5.69 Å². The Balaban J connectivity index is 1.83. The maximum absolute atomic E-state index is 5.89. The minimum atomic E-state index is 0.552. The predicted octanol–water partition coefficient (Wildman–Crippen LogP) is 2.86. The van der Waals surface area contributed by atoms with Crippen LogP contribution in [0.3, 0.4) is 0 Å². The molecule has 88 valence electrons. The quantitative estimate of drug-likeness (QED) is 0.763. The van der Waals surface area contributed by atoms with E-state index in [0.717, 1.165) is 24.3 Å². The van der Waals surface area contributed by atoms with E-state index in [9.17, 15) is 0 Å². The van der Waals surface area contributed by atoms with E-state index in [-0.39, 0.29) is 0 Å². The summed E-state index contributed by atoms with van der Waals surface area (Å²) in [6, 6.07) is 6.32. The molecule has 0 saturated heterocycles. The van der Waals surface area contributed by atoms with E-state index < -0.39 is 0 Å². The second kappa shape index (κ2) is 4.46. The van der Waals surface area contributed by atoms with E-state index in [1.807, 2.05) is 6.92 Å². The molecule has 0 heterocycles. The normalized spacial score (nSPS) is 18.1. The number of hydrogen-bond donors (Lipinski definition) is 2. The van der Waals surface area contributed by atoms with Crippen LogP contribution in [0, 0.1) is 12.3 Å². The molecule has 0 atom stereocenters. The van der Waals surface area contributed by atoms with Crippen LogP contribution in [0.5, 0.6) is 0 Å². The van der Waals surface area contributed by atoms with E-state index in [2.05, 4.69) is 30.4 Å².